The van der Waals surface area contributed by atoms with Gasteiger partial charge in [-0.25, -0.2) is 0 Å². The van der Waals surface area contributed by atoms with Crippen LogP contribution in [0, 0.1) is 3.57 Å². The van der Waals surface area contributed by atoms with Crippen molar-refractivity contribution in [1.82, 2.24) is 0 Å². The molecular weight excluding hydrogens is 323 g/mol. The molecule has 0 aliphatic rings. The normalized spacial score (nSPS) is 9.93. The molecule has 0 radical (unpaired) electrons. The maximum Gasteiger partial charge on any atom is 0.160 e. The van der Waals surface area contributed by atoms with Crippen LogP contribution in [-0.4, -0.2) is 6.29 Å². The second kappa shape index (κ2) is 4.76. The lowest BCUT2D eigenvalue weighted by molar-refractivity contribution is 0.112. The van der Waals surface area contributed by atoms with E-state index < -0.39 is 0 Å². The molecule has 0 saturated carbocycles. The van der Waals surface area contributed by atoms with Crippen LogP contribution >= 0.6 is 33.9 Å². The standard InChI is InChI=1S/C11H7IO2S/c12-8-2-1-3-9(4-8)14-10-5-11(6-13)15-7-10/h1-7H. The summed E-state index contributed by atoms with van der Waals surface area (Å²) in [6.07, 6.45) is 0.826. The molecule has 0 amide bonds. The smallest absolute Gasteiger partial charge is 0.160 e. The van der Waals surface area contributed by atoms with E-state index in [0.29, 0.717) is 10.6 Å². The van der Waals surface area contributed by atoms with Gasteiger partial charge in [-0.15, -0.1) is 11.3 Å². The van der Waals surface area contributed by atoms with Gasteiger partial charge in [0.1, 0.15) is 11.5 Å². The number of carbonyl (C=O) groups excluding carboxylic acids is 1. The van der Waals surface area contributed by atoms with E-state index in [-0.39, 0.29) is 0 Å². The summed E-state index contributed by atoms with van der Waals surface area (Å²) in [5, 5.41) is 1.82. The molecule has 4 heteroatoms. The number of aldehydes is 1. The Balaban J connectivity index is 2.18. The summed E-state index contributed by atoms with van der Waals surface area (Å²) in [6, 6.07) is 9.50. The second-order valence-electron chi connectivity index (χ2n) is 2.86. The lowest BCUT2D eigenvalue weighted by atomic mass is 10.3. The van der Waals surface area contributed by atoms with Crippen LogP contribution < -0.4 is 4.74 Å². The first-order valence-corrected chi connectivity index (χ1v) is 6.21. The van der Waals surface area contributed by atoms with E-state index in [1.807, 2.05) is 29.6 Å². The Labute approximate surface area is 105 Å². The maximum absolute atomic E-state index is 10.5. The molecule has 2 nitrogen and oxygen atoms in total. The van der Waals surface area contributed by atoms with Crippen LogP contribution in [0.4, 0.5) is 0 Å². The van der Waals surface area contributed by atoms with Gasteiger partial charge in [0.2, 0.25) is 0 Å². The van der Waals surface area contributed by atoms with Gasteiger partial charge >= 0.3 is 0 Å². The van der Waals surface area contributed by atoms with Crippen molar-refractivity contribution in [2.24, 2.45) is 0 Å². The highest BCUT2D eigenvalue weighted by atomic mass is 127. The van der Waals surface area contributed by atoms with E-state index in [1.54, 1.807) is 6.07 Å². The third-order valence-corrected chi connectivity index (χ3v) is 3.25. The van der Waals surface area contributed by atoms with E-state index >= 15 is 0 Å². The first-order chi connectivity index (χ1) is 7.28. The van der Waals surface area contributed by atoms with Crippen LogP contribution in [0.1, 0.15) is 9.67 Å². The fourth-order valence-corrected chi connectivity index (χ4v) is 2.24. The lowest BCUT2D eigenvalue weighted by Gasteiger charge is -2.02. The summed E-state index contributed by atoms with van der Waals surface area (Å²) in [4.78, 5) is 11.2. The molecule has 2 aromatic rings. The van der Waals surface area contributed by atoms with Gasteiger partial charge in [-0.1, -0.05) is 6.07 Å². The first kappa shape index (κ1) is 10.6. The van der Waals surface area contributed by atoms with Gasteiger partial charge < -0.3 is 4.74 Å². The highest BCUT2D eigenvalue weighted by molar-refractivity contribution is 14.1. The molecule has 0 unspecified atom stereocenters. The Morgan fingerprint density at radius 2 is 2.13 bits per heavy atom. The summed E-state index contributed by atoms with van der Waals surface area (Å²) < 4.78 is 6.71. The quantitative estimate of drug-likeness (QED) is 0.629. The minimum absolute atomic E-state index is 0.677. The van der Waals surface area contributed by atoms with Crippen molar-refractivity contribution < 1.29 is 9.53 Å². The monoisotopic (exact) mass is 330 g/mol. The summed E-state index contributed by atoms with van der Waals surface area (Å²) in [5.74, 6) is 1.50. The first-order valence-electron chi connectivity index (χ1n) is 4.25. The van der Waals surface area contributed by atoms with E-state index in [2.05, 4.69) is 22.6 Å². The highest BCUT2D eigenvalue weighted by Gasteiger charge is 2.01. The molecule has 0 bridgehead atoms. The van der Waals surface area contributed by atoms with Gasteiger partial charge in [-0.05, 0) is 40.8 Å². The van der Waals surface area contributed by atoms with Gasteiger partial charge in [0.15, 0.2) is 6.29 Å². The van der Waals surface area contributed by atoms with Crippen LogP contribution in [0.3, 0.4) is 0 Å². The number of hydrogen-bond donors (Lipinski definition) is 0. The van der Waals surface area contributed by atoms with Crippen LogP contribution in [0.15, 0.2) is 35.7 Å². The van der Waals surface area contributed by atoms with Gasteiger partial charge in [0.25, 0.3) is 0 Å². The molecule has 1 aromatic carbocycles. The number of hydrogen-bond acceptors (Lipinski definition) is 3. The fourth-order valence-electron chi connectivity index (χ4n) is 1.12. The van der Waals surface area contributed by atoms with Crippen molar-refractivity contribution in [3.63, 3.8) is 0 Å². The molecule has 0 spiro atoms. The number of ether oxygens (including phenoxy) is 1. The Hall–Kier alpha value is -0.880. The van der Waals surface area contributed by atoms with E-state index in [4.69, 9.17) is 4.74 Å². The zero-order valence-electron chi connectivity index (χ0n) is 7.64. The molecule has 0 atom stereocenters. The molecule has 0 aliphatic heterocycles. The SMILES string of the molecule is O=Cc1cc(Oc2cccc(I)c2)cs1. The van der Waals surface area contributed by atoms with Crippen molar-refractivity contribution in [2.75, 3.05) is 0 Å². The number of benzene rings is 1. The zero-order valence-corrected chi connectivity index (χ0v) is 10.6. The number of thiophene rings is 1. The predicted molar refractivity (Wildman–Crippen MR) is 68.9 cm³/mol. The maximum atomic E-state index is 10.5. The van der Waals surface area contributed by atoms with Crippen LogP contribution in [0.2, 0.25) is 0 Å². The summed E-state index contributed by atoms with van der Waals surface area (Å²) in [7, 11) is 0. The average molecular weight is 330 g/mol. The Morgan fingerprint density at radius 1 is 1.27 bits per heavy atom. The largest absolute Gasteiger partial charge is 0.456 e. The summed E-state index contributed by atoms with van der Waals surface area (Å²) in [6.45, 7) is 0. The number of halogens is 1. The molecule has 2 rings (SSSR count). The van der Waals surface area contributed by atoms with Gasteiger partial charge in [0.05, 0.1) is 4.88 Å². The lowest BCUT2D eigenvalue weighted by Crippen LogP contribution is -1.82. The molecule has 76 valence electrons. The van der Waals surface area contributed by atoms with Crippen molar-refractivity contribution in [3.8, 4) is 11.5 Å². The molecule has 0 fully saturated rings. The van der Waals surface area contributed by atoms with Crippen molar-refractivity contribution in [3.05, 3.63) is 44.2 Å². The Bertz CT molecular complexity index is 479. The average Bonchev–Trinajstić information content (AvgIpc) is 2.65. The third kappa shape index (κ3) is 2.79. The summed E-state index contributed by atoms with van der Waals surface area (Å²) >= 11 is 3.61. The van der Waals surface area contributed by atoms with Crippen molar-refractivity contribution >= 4 is 40.2 Å². The van der Waals surface area contributed by atoms with Crippen LogP contribution in [0.5, 0.6) is 11.5 Å². The number of carbonyl (C=O) groups is 1. The zero-order chi connectivity index (χ0) is 10.7. The van der Waals surface area contributed by atoms with Gasteiger partial charge in [0, 0.05) is 15.0 Å². The fraction of sp³-hybridized carbons (Fsp3) is 0. The molecular formula is C11H7IO2S. The van der Waals surface area contributed by atoms with Crippen molar-refractivity contribution in [2.45, 2.75) is 0 Å². The minimum atomic E-state index is 0.677. The molecule has 1 aromatic heterocycles. The molecule has 1 heterocycles. The second-order valence-corrected chi connectivity index (χ2v) is 5.05. The van der Waals surface area contributed by atoms with Crippen molar-refractivity contribution in [1.29, 1.82) is 0 Å². The molecule has 15 heavy (non-hydrogen) atoms. The molecule has 0 aliphatic carbocycles. The predicted octanol–water partition coefficient (Wildman–Crippen LogP) is 3.96. The topological polar surface area (TPSA) is 26.3 Å². The molecule has 0 N–H and O–H groups in total. The minimum Gasteiger partial charge on any atom is -0.456 e. The van der Waals surface area contributed by atoms with E-state index in [0.717, 1.165) is 15.6 Å². The number of rotatable bonds is 3. The van der Waals surface area contributed by atoms with E-state index in [9.17, 15) is 4.79 Å². The van der Waals surface area contributed by atoms with Crippen LogP contribution in [0.25, 0.3) is 0 Å². The highest BCUT2D eigenvalue weighted by Crippen LogP contribution is 2.26. The van der Waals surface area contributed by atoms with Gasteiger partial charge in [-0.3, -0.25) is 4.79 Å². The summed E-state index contributed by atoms with van der Waals surface area (Å²) in [5.41, 5.74) is 0. The van der Waals surface area contributed by atoms with Crippen LogP contribution in [-0.2, 0) is 0 Å². The van der Waals surface area contributed by atoms with E-state index in [1.165, 1.54) is 11.3 Å². The Morgan fingerprint density at radius 3 is 2.80 bits per heavy atom. The molecule has 0 saturated heterocycles. The Kier molecular flexibility index (Phi) is 3.37. The van der Waals surface area contributed by atoms with Gasteiger partial charge in [-0.2, -0.15) is 0 Å². The third-order valence-electron chi connectivity index (χ3n) is 1.74.